The Bertz CT molecular complexity index is 801. The number of nitrogens with zero attached hydrogens (tertiary/aromatic N) is 1. The SMILES string of the molecule is C[C@@H](C(=O)NC1CCCC1)N(CCc1ccccc1)C(=O)Cc1ccc(Cl)cc1. The standard InChI is InChI=1S/C24H29ClN2O2/c1-18(24(29)26-22-9-5-6-10-22)27(16-15-19-7-3-2-4-8-19)23(28)17-20-11-13-21(25)14-12-20/h2-4,7-8,11-14,18,22H,5-6,9-10,15-17H2,1H3,(H,26,29)/t18-/m0/s1. The van der Waals surface area contributed by atoms with Gasteiger partial charge in [0.1, 0.15) is 6.04 Å². The van der Waals surface area contributed by atoms with Crippen molar-refractivity contribution < 1.29 is 9.59 Å². The Hall–Kier alpha value is -2.33. The van der Waals surface area contributed by atoms with E-state index in [0.29, 0.717) is 18.0 Å². The van der Waals surface area contributed by atoms with Gasteiger partial charge < -0.3 is 10.2 Å². The Morgan fingerprint density at radius 2 is 1.69 bits per heavy atom. The van der Waals surface area contributed by atoms with Crippen molar-refractivity contribution >= 4 is 23.4 Å². The third-order valence-corrected chi connectivity index (χ3v) is 5.87. The first-order valence-electron chi connectivity index (χ1n) is 10.4. The highest BCUT2D eigenvalue weighted by atomic mass is 35.5. The van der Waals surface area contributed by atoms with Crippen molar-refractivity contribution in [1.29, 1.82) is 0 Å². The Morgan fingerprint density at radius 3 is 2.34 bits per heavy atom. The molecular formula is C24H29ClN2O2. The monoisotopic (exact) mass is 412 g/mol. The van der Waals surface area contributed by atoms with Crippen molar-refractivity contribution in [2.24, 2.45) is 0 Å². The summed E-state index contributed by atoms with van der Waals surface area (Å²) in [6.07, 6.45) is 5.35. The molecule has 1 aliphatic rings. The number of halogens is 1. The number of rotatable bonds is 8. The molecule has 0 bridgehead atoms. The molecule has 0 aliphatic heterocycles. The van der Waals surface area contributed by atoms with E-state index in [-0.39, 0.29) is 24.3 Å². The van der Waals surface area contributed by atoms with E-state index in [2.05, 4.69) is 5.32 Å². The highest BCUT2D eigenvalue weighted by molar-refractivity contribution is 6.30. The molecule has 1 aliphatic carbocycles. The van der Waals surface area contributed by atoms with Crippen molar-refractivity contribution in [3.63, 3.8) is 0 Å². The van der Waals surface area contributed by atoms with Gasteiger partial charge in [-0.15, -0.1) is 0 Å². The summed E-state index contributed by atoms with van der Waals surface area (Å²) in [6.45, 7) is 2.34. The van der Waals surface area contributed by atoms with Gasteiger partial charge in [0.25, 0.3) is 0 Å². The van der Waals surface area contributed by atoms with Gasteiger partial charge in [0.15, 0.2) is 0 Å². The minimum absolute atomic E-state index is 0.0441. The average molecular weight is 413 g/mol. The first-order chi connectivity index (χ1) is 14.0. The first-order valence-corrected chi connectivity index (χ1v) is 10.8. The summed E-state index contributed by atoms with van der Waals surface area (Å²) in [5, 5.41) is 3.78. The Morgan fingerprint density at radius 1 is 1.03 bits per heavy atom. The summed E-state index contributed by atoms with van der Waals surface area (Å²) in [6, 6.07) is 17.1. The number of carbonyl (C=O) groups is 2. The van der Waals surface area contributed by atoms with Crippen LogP contribution >= 0.6 is 11.6 Å². The van der Waals surface area contributed by atoms with Crippen LogP contribution in [0.25, 0.3) is 0 Å². The molecule has 1 fully saturated rings. The molecule has 29 heavy (non-hydrogen) atoms. The second-order valence-electron chi connectivity index (χ2n) is 7.79. The van der Waals surface area contributed by atoms with E-state index in [1.54, 1.807) is 17.0 Å². The summed E-state index contributed by atoms with van der Waals surface area (Å²) in [5.74, 6) is -0.105. The Kier molecular flexibility index (Phi) is 7.70. The lowest BCUT2D eigenvalue weighted by atomic mass is 10.1. The summed E-state index contributed by atoms with van der Waals surface area (Å²) >= 11 is 5.95. The number of hydrogen-bond donors (Lipinski definition) is 1. The third-order valence-electron chi connectivity index (χ3n) is 5.62. The molecule has 154 valence electrons. The molecular weight excluding hydrogens is 384 g/mol. The van der Waals surface area contributed by atoms with Crippen molar-refractivity contribution in [3.05, 3.63) is 70.7 Å². The van der Waals surface area contributed by atoms with E-state index in [4.69, 9.17) is 11.6 Å². The topological polar surface area (TPSA) is 49.4 Å². The third kappa shape index (κ3) is 6.33. The zero-order valence-electron chi connectivity index (χ0n) is 16.9. The van der Waals surface area contributed by atoms with Crippen LogP contribution in [-0.2, 0) is 22.4 Å². The van der Waals surface area contributed by atoms with Crippen molar-refractivity contribution in [2.75, 3.05) is 6.54 Å². The zero-order chi connectivity index (χ0) is 20.6. The maximum absolute atomic E-state index is 13.1. The number of nitrogens with one attached hydrogen (secondary N) is 1. The van der Waals surface area contributed by atoms with E-state index >= 15 is 0 Å². The van der Waals surface area contributed by atoms with E-state index in [1.165, 1.54) is 0 Å². The van der Waals surface area contributed by atoms with Gasteiger partial charge in [0, 0.05) is 17.6 Å². The molecule has 1 atom stereocenters. The normalized spacial score (nSPS) is 15.1. The van der Waals surface area contributed by atoms with Crippen LogP contribution in [0, 0.1) is 0 Å². The minimum Gasteiger partial charge on any atom is -0.352 e. The molecule has 4 nitrogen and oxygen atoms in total. The zero-order valence-corrected chi connectivity index (χ0v) is 17.7. The van der Waals surface area contributed by atoms with Gasteiger partial charge in [-0.1, -0.05) is 66.9 Å². The second kappa shape index (κ2) is 10.4. The van der Waals surface area contributed by atoms with Gasteiger partial charge in [-0.2, -0.15) is 0 Å². The van der Waals surface area contributed by atoms with E-state index < -0.39 is 6.04 Å². The second-order valence-corrected chi connectivity index (χ2v) is 8.23. The molecule has 0 saturated heterocycles. The van der Waals surface area contributed by atoms with E-state index in [1.807, 2.05) is 49.4 Å². The van der Waals surface area contributed by atoms with Crippen molar-refractivity contribution in [3.8, 4) is 0 Å². The molecule has 0 spiro atoms. The lowest BCUT2D eigenvalue weighted by Crippen LogP contribution is -2.51. The molecule has 0 radical (unpaired) electrons. The molecule has 2 aromatic carbocycles. The van der Waals surface area contributed by atoms with Crippen LogP contribution < -0.4 is 5.32 Å². The maximum atomic E-state index is 13.1. The van der Waals surface area contributed by atoms with Gasteiger partial charge in [-0.25, -0.2) is 0 Å². The lowest BCUT2D eigenvalue weighted by Gasteiger charge is -2.30. The van der Waals surface area contributed by atoms with Gasteiger partial charge in [-0.05, 0) is 49.4 Å². The molecule has 1 N–H and O–H groups in total. The fraction of sp³-hybridized carbons (Fsp3) is 0.417. The van der Waals surface area contributed by atoms with Gasteiger partial charge >= 0.3 is 0 Å². The predicted molar refractivity (Wildman–Crippen MR) is 117 cm³/mol. The molecule has 0 heterocycles. The number of amides is 2. The molecule has 2 amide bonds. The molecule has 0 aromatic heterocycles. The van der Waals surface area contributed by atoms with Crippen LogP contribution in [0.15, 0.2) is 54.6 Å². The van der Waals surface area contributed by atoms with Crippen LogP contribution in [0.1, 0.15) is 43.7 Å². The average Bonchev–Trinajstić information content (AvgIpc) is 3.23. The summed E-state index contributed by atoms with van der Waals surface area (Å²) < 4.78 is 0. The molecule has 3 rings (SSSR count). The molecule has 2 aromatic rings. The number of carbonyl (C=O) groups excluding carboxylic acids is 2. The largest absolute Gasteiger partial charge is 0.352 e. The number of hydrogen-bond acceptors (Lipinski definition) is 2. The molecule has 1 saturated carbocycles. The van der Waals surface area contributed by atoms with Crippen molar-refractivity contribution in [2.45, 2.75) is 57.5 Å². The van der Waals surface area contributed by atoms with Crippen molar-refractivity contribution in [1.82, 2.24) is 10.2 Å². The van der Waals surface area contributed by atoms with Crippen LogP contribution in [0.4, 0.5) is 0 Å². The fourth-order valence-electron chi connectivity index (χ4n) is 3.84. The summed E-state index contributed by atoms with van der Waals surface area (Å²) in [7, 11) is 0. The highest BCUT2D eigenvalue weighted by Gasteiger charge is 2.28. The van der Waals surface area contributed by atoms with Gasteiger partial charge in [0.05, 0.1) is 6.42 Å². The Labute approximate surface area is 178 Å². The Balaban J connectivity index is 1.69. The smallest absolute Gasteiger partial charge is 0.242 e. The van der Waals surface area contributed by atoms with Crippen LogP contribution in [-0.4, -0.2) is 35.3 Å². The van der Waals surface area contributed by atoms with Crippen LogP contribution in [0.3, 0.4) is 0 Å². The number of benzene rings is 2. The van der Waals surface area contributed by atoms with Gasteiger partial charge in [-0.3, -0.25) is 9.59 Å². The maximum Gasteiger partial charge on any atom is 0.242 e. The van der Waals surface area contributed by atoms with E-state index in [0.717, 1.165) is 36.8 Å². The fourth-order valence-corrected chi connectivity index (χ4v) is 3.97. The molecule has 0 unspecified atom stereocenters. The summed E-state index contributed by atoms with van der Waals surface area (Å²) in [5.41, 5.74) is 2.05. The van der Waals surface area contributed by atoms with Gasteiger partial charge in [0.2, 0.25) is 11.8 Å². The predicted octanol–water partition coefficient (Wildman–Crippen LogP) is 4.40. The lowest BCUT2D eigenvalue weighted by molar-refractivity contribution is -0.139. The summed E-state index contributed by atoms with van der Waals surface area (Å²) in [4.78, 5) is 27.7. The van der Waals surface area contributed by atoms with E-state index in [9.17, 15) is 9.59 Å². The highest BCUT2D eigenvalue weighted by Crippen LogP contribution is 2.18. The van der Waals surface area contributed by atoms with Crippen LogP contribution in [0.2, 0.25) is 5.02 Å². The quantitative estimate of drug-likeness (QED) is 0.698. The van der Waals surface area contributed by atoms with Crippen LogP contribution in [0.5, 0.6) is 0 Å². The molecule has 5 heteroatoms. The first kappa shape index (κ1) is 21.4. The minimum atomic E-state index is -0.501.